The van der Waals surface area contributed by atoms with Crippen LogP contribution < -0.4 is 10.1 Å². The zero-order valence-electron chi connectivity index (χ0n) is 17.9. The summed E-state index contributed by atoms with van der Waals surface area (Å²) in [5, 5.41) is 3.10. The highest BCUT2D eigenvalue weighted by Gasteiger charge is 2.26. The maximum atomic E-state index is 13.1. The van der Waals surface area contributed by atoms with Gasteiger partial charge in [-0.2, -0.15) is 4.31 Å². The first-order valence-corrected chi connectivity index (χ1v) is 12.8. The number of rotatable bonds is 5. The molecule has 9 heteroatoms. The Labute approximate surface area is 194 Å². The van der Waals surface area contributed by atoms with Crippen molar-refractivity contribution >= 4 is 33.2 Å². The number of fused-ring (bicyclic) bond motifs is 1. The van der Waals surface area contributed by atoms with Gasteiger partial charge >= 0.3 is 0 Å². The molecule has 0 unspecified atom stereocenters. The van der Waals surface area contributed by atoms with Crippen molar-refractivity contribution in [2.24, 2.45) is 0 Å². The molecule has 0 aliphatic carbocycles. The highest BCUT2D eigenvalue weighted by atomic mass is 35.5. The van der Waals surface area contributed by atoms with Gasteiger partial charge < -0.3 is 10.1 Å². The van der Waals surface area contributed by atoms with Crippen molar-refractivity contribution in [1.29, 1.82) is 0 Å². The summed E-state index contributed by atoms with van der Waals surface area (Å²) in [5.41, 5.74) is 1.33. The molecular weight excluding hydrogens is 450 g/mol. The summed E-state index contributed by atoms with van der Waals surface area (Å²) in [6, 6.07) is 12.3. The number of benzene rings is 2. The first kappa shape index (κ1) is 23.0. The number of para-hydroxylation sites is 1. The Kier molecular flexibility index (Phi) is 7.35. The Bertz CT molecular complexity index is 1070. The summed E-state index contributed by atoms with van der Waals surface area (Å²) >= 11 is 6.28. The fourth-order valence-corrected chi connectivity index (χ4v) is 5.81. The standard InChI is InChI=1S/C23H28ClN3O4S/c24-20-10-9-19(32(29,30)27-11-5-1-2-6-12-27)15-21(20)25-23(28)17-26-13-14-31-22-8-4-3-7-18(22)16-26/h3-4,7-10,15H,1-2,5-6,11-14,16-17H2,(H,25,28). The molecule has 1 saturated heterocycles. The van der Waals surface area contributed by atoms with E-state index >= 15 is 0 Å². The quantitative estimate of drug-likeness (QED) is 0.709. The van der Waals surface area contributed by atoms with Crippen molar-refractivity contribution in [2.45, 2.75) is 37.1 Å². The second-order valence-electron chi connectivity index (χ2n) is 8.17. The van der Waals surface area contributed by atoms with E-state index in [0.29, 0.717) is 43.5 Å². The average molecular weight is 478 g/mol. The van der Waals surface area contributed by atoms with Crippen LogP contribution in [0.3, 0.4) is 0 Å². The number of hydrogen-bond acceptors (Lipinski definition) is 5. The van der Waals surface area contributed by atoms with E-state index in [1.807, 2.05) is 29.2 Å². The summed E-state index contributed by atoms with van der Waals surface area (Å²) < 4.78 is 33.5. The molecular formula is C23H28ClN3O4S. The van der Waals surface area contributed by atoms with E-state index in [9.17, 15) is 13.2 Å². The number of carbonyl (C=O) groups excluding carboxylic acids is 1. The number of nitrogens with zero attached hydrogens (tertiary/aromatic N) is 2. The third-order valence-corrected chi connectivity index (χ3v) is 8.04. The molecule has 4 rings (SSSR count). The number of nitrogens with one attached hydrogen (secondary N) is 1. The molecule has 0 spiro atoms. The molecule has 2 aromatic carbocycles. The van der Waals surface area contributed by atoms with E-state index in [2.05, 4.69) is 5.32 Å². The van der Waals surface area contributed by atoms with Crippen molar-refractivity contribution in [3.63, 3.8) is 0 Å². The lowest BCUT2D eigenvalue weighted by molar-refractivity contribution is -0.117. The second-order valence-corrected chi connectivity index (χ2v) is 10.5. The third-order valence-electron chi connectivity index (χ3n) is 5.81. The molecule has 172 valence electrons. The molecule has 1 fully saturated rings. The van der Waals surface area contributed by atoms with Crippen LogP contribution in [-0.2, 0) is 21.4 Å². The fraction of sp³-hybridized carbons (Fsp3) is 0.435. The molecule has 0 bridgehead atoms. The lowest BCUT2D eigenvalue weighted by atomic mass is 10.2. The van der Waals surface area contributed by atoms with Crippen LogP contribution in [0.5, 0.6) is 5.75 Å². The number of sulfonamides is 1. The number of ether oxygens (including phenoxy) is 1. The summed E-state index contributed by atoms with van der Waals surface area (Å²) in [5.74, 6) is 0.584. The van der Waals surface area contributed by atoms with Gasteiger partial charge in [0.1, 0.15) is 12.4 Å². The van der Waals surface area contributed by atoms with Crippen LogP contribution in [0, 0.1) is 0 Å². The highest BCUT2D eigenvalue weighted by Crippen LogP contribution is 2.28. The van der Waals surface area contributed by atoms with Crippen molar-refractivity contribution in [2.75, 3.05) is 38.1 Å². The summed E-state index contributed by atoms with van der Waals surface area (Å²) in [4.78, 5) is 14.9. The van der Waals surface area contributed by atoms with Crippen LogP contribution in [0.1, 0.15) is 31.2 Å². The van der Waals surface area contributed by atoms with E-state index in [1.165, 1.54) is 22.5 Å². The van der Waals surface area contributed by atoms with E-state index in [-0.39, 0.29) is 17.3 Å². The van der Waals surface area contributed by atoms with Crippen LogP contribution in [0.25, 0.3) is 0 Å². The lowest BCUT2D eigenvalue weighted by Crippen LogP contribution is -2.34. The van der Waals surface area contributed by atoms with Crippen molar-refractivity contribution in [1.82, 2.24) is 9.21 Å². The molecule has 0 radical (unpaired) electrons. The van der Waals surface area contributed by atoms with E-state index in [4.69, 9.17) is 16.3 Å². The predicted molar refractivity (Wildman–Crippen MR) is 125 cm³/mol. The monoisotopic (exact) mass is 477 g/mol. The van der Waals surface area contributed by atoms with Crippen LogP contribution in [0.2, 0.25) is 5.02 Å². The normalized spacial score (nSPS) is 18.2. The van der Waals surface area contributed by atoms with Gasteiger partial charge in [0.25, 0.3) is 0 Å². The molecule has 2 aliphatic heterocycles. The van der Waals surface area contributed by atoms with Crippen molar-refractivity contribution < 1.29 is 17.9 Å². The van der Waals surface area contributed by atoms with Gasteiger partial charge in [-0.05, 0) is 37.1 Å². The molecule has 1 N–H and O–H groups in total. The number of anilines is 1. The zero-order chi connectivity index (χ0) is 22.6. The summed E-state index contributed by atoms with van der Waals surface area (Å²) in [6.07, 6.45) is 3.80. The molecule has 0 saturated carbocycles. The van der Waals surface area contributed by atoms with E-state index in [0.717, 1.165) is 37.0 Å². The largest absolute Gasteiger partial charge is 0.492 e. The number of amides is 1. The van der Waals surface area contributed by atoms with Crippen molar-refractivity contribution in [3.05, 3.63) is 53.1 Å². The Morgan fingerprint density at radius 2 is 1.78 bits per heavy atom. The second kappa shape index (κ2) is 10.2. The molecule has 1 amide bonds. The van der Waals surface area contributed by atoms with Gasteiger partial charge in [0.2, 0.25) is 15.9 Å². The molecule has 7 nitrogen and oxygen atoms in total. The number of halogens is 1. The minimum Gasteiger partial charge on any atom is -0.492 e. The predicted octanol–water partition coefficient (Wildman–Crippen LogP) is 3.74. The Morgan fingerprint density at radius 1 is 1.03 bits per heavy atom. The number of hydrogen-bond donors (Lipinski definition) is 1. The highest BCUT2D eigenvalue weighted by molar-refractivity contribution is 7.89. The minimum atomic E-state index is -3.63. The molecule has 2 heterocycles. The SMILES string of the molecule is O=C(CN1CCOc2ccccc2C1)Nc1cc(S(=O)(=O)N2CCCCCC2)ccc1Cl. The summed E-state index contributed by atoms with van der Waals surface area (Å²) in [7, 11) is -3.63. The fourth-order valence-electron chi connectivity index (χ4n) is 4.10. The van der Waals surface area contributed by atoms with Gasteiger partial charge in [0, 0.05) is 31.7 Å². The topological polar surface area (TPSA) is 79.0 Å². The Hall–Kier alpha value is -2.13. The number of carbonyl (C=O) groups is 1. The molecule has 2 aromatic rings. The Balaban J connectivity index is 1.45. The van der Waals surface area contributed by atoms with E-state index in [1.54, 1.807) is 0 Å². The van der Waals surface area contributed by atoms with Gasteiger partial charge in [-0.15, -0.1) is 0 Å². The zero-order valence-corrected chi connectivity index (χ0v) is 19.5. The van der Waals surface area contributed by atoms with Gasteiger partial charge in [0.15, 0.2) is 0 Å². The molecule has 2 aliphatic rings. The van der Waals surface area contributed by atoms with Crippen LogP contribution >= 0.6 is 11.6 Å². The maximum Gasteiger partial charge on any atom is 0.243 e. The molecule has 0 atom stereocenters. The van der Waals surface area contributed by atoms with Gasteiger partial charge in [-0.25, -0.2) is 8.42 Å². The first-order chi connectivity index (χ1) is 15.4. The van der Waals surface area contributed by atoms with Gasteiger partial charge in [-0.3, -0.25) is 9.69 Å². The molecule has 0 aromatic heterocycles. The van der Waals surface area contributed by atoms with Crippen LogP contribution in [0.15, 0.2) is 47.4 Å². The third kappa shape index (κ3) is 5.43. The van der Waals surface area contributed by atoms with E-state index < -0.39 is 10.0 Å². The smallest absolute Gasteiger partial charge is 0.243 e. The summed E-state index contributed by atoms with van der Waals surface area (Å²) in [6.45, 7) is 2.89. The maximum absolute atomic E-state index is 13.1. The minimum absolute atomic E-state index is 0.149. The van der Waals surface area contributed by atoms with Crippen molar-refractivity contribution in [3.8, 4) is 5.75 Å². The van der Waals surface area contributed by atoms with Crippen LogP contribution in [0.4, 0.5) is 5.69 Å². The lowest BCUT2D eigenvalue weighted by Gasteiger charge is -2.21. The Morgan fingerprint density at radius 3 is 2.56 bits per heavy atom. The van der Waals surface area contributed by atoms with Crippen LogP contribution in [-0.4, -0.2) is 56.3 Å². The van der Waals surface area contributed by atoms with Gasteiger partial charge in [-0.1, -0.05) is 42.6 Å². The van der Waals surface area contributed by atoms with Gasteiger partial charge in [0.05, 0.1) is 22.2 Å². The average Bonchev–Trinajstić information content (AvgIpc) is 3.16. The first-order valence-electron chi connectivity index (χ1n) is 11.0. The molecule has 32 heavy (non-hydrogen) atoms.